The van der Waals surface area contributed by atoms with Gasteiger partial charge in [-0.1, -0.05) is 0 Å². The Bertz CT molecular complexity index is 469. The van der Waals surface area contributed by atoms with E-state index in [0.717, 1.165) is 6.07 Å². The van der Waals surface area contributed by atoms with Crippen molar-refractivity contribution in [1.29, 1.82) is 5.26 Å². The largest absolute Gasteiger partial charge is 0.481 e. The summed E-state index contributed by atoms with van der Waals surface area (Å²) < 4.78 is 25.4. The second-order valence-electron chi connectivity index (χ2n) is 3.01. The molecule has 0 amide bonds. The van der Waals surface area contributed by atoms with Crippen molar-refractivity contribution in [1.82, 2.24) is 0 Å². The predicted molar refractivity (Wildman–Crippen MR) is 55.2 cm³/mol. The van der Waals surface area contributed by atoms with Gasteiger partial charge < -0.3 is 5.11 Å². The molecule has 1 aromatic rings. The van der Waals surface area contributed by atoms with Crippen molar-refractivity contribution in [2.24, 2.45) is 0 Å². The molecule has 0 aliphatic heterocycles. The third kappa shape index (κ3) is 2.76. The van der Waals surface area contributed by atoms with Crippen LogP contribution >= 0.6 is 15.9 Å². The molecule has 0 fully saturated rings. The van der Waals surface area contributed by atoms with Gasteiger partial charge in [-0.05, 0) is 33.6 Å². The quantitative estimate of drug-likeness (QED) is 0.931. The van der Waals surface area contributed by atoms with E-state index < -0.39 is 18.8 Å². The first-order valence-electron chi connectivity index (χ1n) is 4.18. The molecule has 16 heavy (non-hydrogen) atoms. The Morgan fingerprint density at radius 1 is 1.56 bits per heavy atom. The lowest BCUT2D eigenvalue weighted by atomic mass is 10.0. The van der Waals surface area contributed by atoms with E-state index >= 15 is 0 Å². The number of aliphatic carboxylic acids is 1. The van der Waals surface area contributed by atoms with E-state index in [0.29, 0.717) is 0 Å². The summed E-state index contributed by atoms with van der Waals surface area (Å²) in [7, 11) is 0. The average molecular weight is 290 g/mol. The molecule has 0 unspecified atom stereocenters. The maximum absolute atomic E-state index is 12.6. The van der Waals surface area contributed by atoms with Crippen LogP contribution in [0.15, 0.2) is 16.6 Å². The number of nitriles is 1. The van der Waals surface area contributed by atoms with Crippen molar-refractivity contribution < 1.29 is 18.7 Å². The Balaban J connectivity index is 3.32. The summed E-state index contributed by atoms with van der Waals surface area (Å²) in [6.45, 7) is 0. The van der Waals surface area contributed by atoms with Crippen LogP contribution in [0.1, 0.15) is 23.1 Å². The summed E-state index contributed by atoms with van der Waals surface area (Å²) in [5, 5.41) is 17.3. The van der Waals surface area contributed by atoms with Crippen LogP contribution in [0.2, 0.25) is 0 Å². The highest BCUT2D eigenvalue weighted by atomic mass is 79.9. The molecule has 1 N–H and O–H groups in total. The maximum atomic E-state index is 12.6. The Morgan fingerprint density at radius 2 is 2.19 bits per heavy atom. The van der Waals surface area contributed by atoms with Crippen LogP contribution in [-0.2, 0) is 11.2 Å². The summed E-state index contributed by atoms with van der Waals surface area (Å²) in [6, 6.07) is 4.04. The van der Waals surface area contributed by atoms with Crippen LogP contribution in [0, 0.1) is 11.3 Å². The third-order valence-corrected chi connectivity index (χ3v) is 2.58. The number of hydrogen-bond donors (Lipinski definition) is 1. The molecule has 0 aromatic heterocycles. The van der Waals surface area contributed by atoms with E-state index in [9.17, 15) is 13.6 Å². The van der Waals surface area contributed by atoms with E-state index in [1.807, 2.05) is 0 Å². The molecule has 84 valence electrons. The van der Waals surface area contributed by atoms with Gasteiger partial charge in [-0.15, -0.1) is 0 Å². The second-order valence-corrected chi connectivity index (χ2v) is 3.87. The number of rotatable bonds is 3. The molecule has 3 nitrogen and oxygen atoms in total. The molecule has 0 spiro atoms. The monoisotopic (exact) mass is 289 g/mol. The summed E-state index contributed by atoms with van der Waals surface area (Å²) in [5.41, 5.74) is -0.267. The molecular weight excluding hydrogens is 284 g/mol. The standard InChI is InChI=1S/C10H6BrF2NO2/c11-8-3-7(10(12)13)5(2-9(15)16)1-6(8)4-14/h1,3,10H,2H2,(H,15,16). The van der Waals surface area contributed by atoms with Crippen molar-refractivity contribution in [2.75, 3.05) is 0 Å². The van der Waals surface area contributed by atoms with Crippen LogP contribution in [0.3, 0.4) is 0 Å². The van der Waals surface area contributed by atoms with Gasteiger partial charge in [0.15, 0.2) is 0 Å². The minimum absolute atomic E-state index is 0.0396. The van der Waals surface area contributed by atoms with Crippen LogP contribution in [-0.4, -0.2) is 11.1 Å². The van der Waals surface area contributed by atoms with Gasteiger partial charge in [0.2, 0.25) is 0 Å². The third-order valence-electron chi connectivity index (χ3n) is 1.93. The van der Waals surface area contributed by atoms with E-state index in [2.05, 4.69) is 15.9 Å². The van der Waals surface area contributed by atoms with Gasteiger partial charge in [-0.25, -0.2) is 8.78 Å². The van der Waals surface area contributed by atoms with Gasteiger partial charge in [0.25, 0.3) is 6.43 Å². The molecule has 6 heteroatoms. The van der Waals surface area contributed by atoms with Crippen molar-refractivity contribution in [3.8, 4) is 6.07 Å². The number of carboxylic acids is 1. The number of benzene rings is 1. The molecule has 0 aliphatic rings. The van der Waals surface area contributed by atoms with E-state index in [1.54, 1.807) is 6.07 Å². The van der Waals surface area contributed by atoms with Crippen LogP contribution in [0.25, 0.3) is 0 Å². The van der Waals surface area contributed by atoms with Crippen LogP contribution in [0.5, 0.6) is 0 Å². The Hall–Kier alpha value is -1.48. The Morgan fingerprint density at radius 3 is 2.62 bits per heavy atom. The molecular formula is C10H6BrF2NO2. The molecule has 0 atom stereocenters. The zero-order valence-corrected chi connectivity index (χ0v) is 9.46. The summed E-state index contributed by atoms with van der Waals surface area (Å²) in [4.78, 5) is 10.5. The predicted octanol–water partition coefficient (Wildman–Crippen LogP) is 2.89. The van der Waals surface area contributed by atoms with Gasteiger partial charge >= 0.3 is 5.97 Å². The first kappa shape index (κ1) is 12.6. The average Bonchev–Trinajstić information content (AvgIpc) is 2.19. The zero-order valence-electron chi connectivity index (χ0n) is 7.88. The van der Waals surface area contributed by atoms with Crippen molar-refractivity contribution in [2.45, 2.75) is 12.8 Å². The number of carboxylic acid groups (broad SMARTS) is 1. The number of nitrogens with zero attached hydrogens (tertiary/aromatic N) is 1. The minimum atomic E-state index is -2.77. The van der Waals surface area contributed by atoms with Crippen LogP contribution in [0.4, 0.5) is 8.78 Å². The smallest absolute Gasteiger partial charge is 0.307 e. The fraction of sp³-hybridized carbons (Fsp3) is 0.200. The van der Waals surface area contributed by atoms with Crippen LogP contribution < -0.4 is 0 Å². The summed E-state index contributed by atoms with van der Waals surface area (Å²) in [6.07, 6.45) is -3.29. The first-order valence-corrected chi connectivity index (χ1v) is 4.97. The molecule has 0 saturated heterocycles. The zero-order chi connectivity index (χ0) is 12.3. The Kier molecular flexibility index (Phi) is 3.96. The molecule has 0 aliphatic carbocycles. The topological polar surface area (TPSA) is 61.1 Å². The second kappa shape index (κ2) is 5.03. The molecule has 0 heterocycles. The lowest BCUT2D eigenvalue weighted by Gasteiger charge is -2.08. The summed E-state index contributed by atoms with van der Waals surface area (Å²) >= 11 is 2.97. The highest BCUT2D eigenvalue weighted by molar-refractivity contribution is 9.10. The fourth-order valence-corrected chi connectivity index (χ4v) is 1.69. The summed E-state index contributed by atoms with van der Waals surface area (Å²) in [5.74, 6) is -1.21. The first-order chi connectivity index (χ1) is 7.45. The van der Waals surface area contributed by atoms with Crippen molar-refractivity contribution in [3.63, 3.8) is 0 Å². The van der Waals surface area contributed by atoms with Crippen molar-refractivity contribution >= 4 is 21.9 Å². The fourth-order valence-electron chi connectivity index (χ4n) is 1.24. The molecule has 1 aromatic carbocycles. The lowest BCUT2D eigenvalue weighted by molar-refractivity contribution is -0.136. The Labute approximate surface area is 98.4 Å². The van der Waals surface area contributed by atoms with Gasteiger partial charge in [0.05, 0.1) is 12.0 Å². The number of alkyl halides is 2. The number of carbonyl (C=O) groups is 1. The highest BCUT2D eigenvalue weighted by Gasteiger charge is 2.17. The number of hydrogen-bond acceptors (Lipinski definition) is 2. The lowest BCUT2D eigenvalue weighted by Crippen LogP contribution is -2.05. The molecule has 0 saturated carbocycles. The SMILES string of the molecule is N#Cc1cc(CC(=O)O)c(C(F)F)cc1Br. The van der Waals surface area contributed by atoms with Gasteiger partial charge in [-0.3, -0.25) is 4.79 Å². The molecule has 0 radical (unpaired) electrons. The number of halogens is 3. The highest BCUT2D eigenvalue weighted by Crippen LogP contribution is 2.29. The molecule has 0 bridgehead atoms. The van der Waals surface area contributed by atoms with Gasteiger partial charge in [0.1, 0.15) is 6.07 Å². The normalized spacial score (nSPS) is 10.2. The van der Waals surface area contributed by atoms with Gasteiger partial charge in [-0.2, -0.15) is 5.26 Å². The minimum Gasteiger partial charge on any atom is -0.481 e. The van der Waals surface area contributed by atoms with Gasteiger partial charge in [0, 0.05) is 10.0 Å². The maximum Gasteiger partial charge on any atom is 0.307 e. The molecule has 1 rings (SSSR count). The van der Waals surface area contributed by atoms with E-state index in [1.165, 1.54) is 6.07 Å². The van der Waals surface area contributed by atoms with E-state index in [4.69, 9.17) is 10.4 Å². The van der Waals surface area contributed by atoms with E-state index in [-0.39, 0.29) is 21.2 Å². The van der Waals surface area contributed by atoms with Crippen molar-refractivity contribution in [3.05, 3.63) is 33.3 Å².